The predicted octanol–water partition coefficient (Wildman–Crippen LogP) is 6.55. The summed E-state index contributed by atoms with van der Waals surface area (Å²) in [4.78, 5) is 17.7. The summed E-state index contributed by atoms with van der Waals surface area (Å²) in [5.41, 5.74) is -0.630. The molecule has 1 atom stereocenters. The van der Waals surface area contributed by atoms with Gasteiger partial charge in [0.1, 0.15) is 11.4 Å². The number of nitrogens with zero attached hydrogens (tertiary/aromatic N) is 1. The molecule has 3 aromatic carbocycles. The number of nitrogens with one attached hydrogen (secondary N) is 2. The molecule has 0 aliphatic heterocycles. The maximum absolute atomic E-state index is 13.7. The average molecular weight is 479 g/mol. The fraction of sp³-hybridized carbons (Fsp3) is 0.111. The van der Waals surface area contributed by atoms with Crippen molar-refractivity contribution in [3.05, 3.63) is 131 Å². The molecule has 178 valence electrons. The molecular weight excluding hydrogens is 458 g/mol. The number of urea groups is 1. The fourth-order valence-corrected chi connectivity index (χ4v) is 3.94. The molecule has 0 bridgehead atoms. The Morgan fingerprint density at radius 1 is 0.829 bits per heavy atom. The number of benzene rings is 3. The summed E-state index contributed by atoms with van der Waals surface area (Å²) < 4.78 is 53.1. The molecule has 4 nitrogen and oxygen atoms in total. The van der Waals surface area contributed by atoms with Crippen LogP contribution in [0.1, 0.15) is 22.4 Å². The Kier molecular flexibility index (Phi) is 6.82. The Bertz CT molecular complexity index is 1240. The Morgan fingerprint density at radius 3 is 2.11 bits per heavy atom. The van der Waals surface area contributed by atoms with Crippen molar-refractivity contribution < 1.29 is 22.4 Å². The molecule has 35 heavy (non-hydrogen) atoms. The normalized spacial score (nSPS) is 13.0. The van der Waals surface area contributed by atoms with E-state index in [1.807, 2.05) is 60.7 Å². The van der Waals surface area contributed by atoms with E-state index in [-0.39, 0.29) is 5.69 Å². The van der Waals surface area contributed by atoms with Crippen molar-refractivity contribution in [2.24, 2.45) is 0 Å². The quantitative estimate of drug-likeness (QED) is 0.308. The smallest absolute Gasteiger partial charge is 0.322 e. The molecule has 2 N–H and O–H groups in total. The third-order valence-corrected chi connectivity index (χ3v) is 5.54. The third kappa shape index (κ3) is 5.48. The SMILES string of the molecule is O=C(Nc1ccc(F)c(C(F)(F)F)c1)NC(Cc1ccccc1)(c1ccccc1)c1ccccn1. The molecule has 0 radical (unpaired) electrons. The molecule has 0 spiro atoms. The number of amides is 2. The molecule has 0 aliphatic rings. The fourth-order valence-electron chi connectivity index (χ4n) is 3.94. The van der Waals surface area contributed by atoms with Gasteiger partial charge in [0.2, 0.25) is 0 Å². The van der Waals surface area contributed by atoms with Crippen LogP contribution in [0.25, 0.3) is 0 Å². The van der Waals surface area contributed by atoms with Crippen LogP contribution >= 0.6 is 0 Å². The van der Waals surface area contributed by atoms with E-state index in [4.69, 9.17) is 0 Å². The van der Waals surface area contributed by atoms with Gasteiger partial charge in [-0.1, -0.05) is 66.7 Å². The molecule has 2 amide bonds. The predicted molar refractivity (Wildman–Crippen MR) is 125 cm³/mol. The van der Waals surface area contributed by atoms with Gasteiger partial charge in [0.05, 0.1) is 11.3 Å². The van der Waals surface area contributed by atoms with E-state index in [1.165, 1.54) is 0 Å². The van der Waals surface area contributed by atoms with Gasteiger partial charge in [-0.25, -0.2) is 9.18 Å². The van der Waals surface area contributed by atoms with Gasteiger partial charge in [-0.2, -0.15) is 13.2 Å². The minimum absolute atomic E-state index is 0.195. The lowest BCUT2D eigenvalue weighted by Gasteiger charge is -2.35. The Balaban J connectivity index is 1.75. The number of carbonyl (C=O) groups excluding carboxylic acids is 1. The number of rotatable bonds is 6. The number of pyridine rings is 1. The first-order valence-electron chi connectivity index (χ1n) is 10.7. The molecule has 0 saturated heterocycles. The van der Waals surface area contributed by atoms with Crippen molar-refractivity contribution in [1.29, 1.82) is 0 Å². The Labute approximate surface area is 199 Å². The van der Waals surface area contributed by atoms with Crippen molar-refractivity contribution >= 4 is 11.7 Å². The highest BCUT2D eigenvalue weighted by atomic mass is 19.4. The highest BCUT2D eigenvalue weighted by molar-refractivity contribution is 5.90. The lowest BCUT2D eigenvalue weighted by molar-refractivity contribution is -0.139. The summed E-state index contributed by atoms with van der Waals surface area (Å²) in [7, 11) is 0. The van der Waals surface area contributed by atoms with E-state index >= 15 is 0 Å². The molecule has 1 unspecified atom stereocenters. The van der Waals surface area contributed by atoms with Gasteiger partial charge < -0.3 is 10.6 Å². The van der Waals surface area contributed by atoms with E-state index < -0.39 is 29.1 Å². The second kappa shape index (κ2) is 9.97. The second-order valence-electron chi connectivity index (χ2n) is 7.92. The van der Waals surface area contributed by atoms with Crippen LogP contribution in [-0.2, 0) is 18.1 Å². The molecule has 8 heteroatoms. The van der Waals surface area contributed by atoms with Crippen LogP contribution in [0.5, 0.6) is 0 Å². The number of carbonyl (C=O) groups is 1. The zero-order valence-corrected chi connectivity index (χ0v) is 18.4. The number of anilines is 1. The van der Waals surface area contributed by atoms with Crippen molar-refractivity contribution in [3.63, 3.8) is 0 Å². The maximum Gasteiger partial charge on any atom is 0.419 e. The number of alkyl halides is 3. The molecule has 1 heterocycles. The first-order valence-corrected chi connectivity index (χ1v) is 10.7. The topological polar surface area (TPSA) is 54.0 Å². The van der Waals surface area contributed by atoms with Crippen molar-refractivity contribution in [2.45, 2.75) is 18.1 Å². The zero-order chi connectivity index (χ0) is 24.9. The van der Waals surface area contributed by atoms with Crippen LogP contribution in [0.2, 0.25) is 0 Å². The second-order valence-corrected chi connectivity index (χ2v) is 7.92. The number of hydrogen-bond acceptors (Lipinski definition) is 2. The maximum atomic E-state index is 13.7. The van der Waals surface area contributed by atoms with Crippen molar-refractivity contribution in [1.82, 2.24) is 10.3 Å². The van der Waals surface area contributed by atoms with Crippen molar-refractivity contribution in [3.8, 4) is 0 Å². The van der Waals surface area contributed by atoms with Gasteiger partial charge in [0.15, 0.2) is 0 Å². The van der Waals surface area contributed by atoms with Gasteiger partial charge in [-0.05, 0) is 41.5 Å². The first-order chi connectivity index (χ1) is 16.8. The van der Waals surface area contributed by atoms with E-state index in [9.17, 15) is 22.4 Å². The summed E-state index contributed by atoms with van der Waals surface area (Å²) in [6, 6.07) is 25.5. The summed E-state index contributed by atoms with van der Waals surface area (Å²) in [6.07, 6.45) is -2.97. The van der Waals surface area contributed by atoms with E-state index in [2.05, 4.69) is 15.6 Å². The van der Waals surface area contributed by atoms with E-state index in [0.717, 1.165) is 17.2 Å². The average Bonchev–Trinajstić information content (AvgIpc) is 2.86. The summed E-state index contributed by atoms with van der Waals surface area (Å²) >= 11 is 0. The number of aromatic nitrogens is 1. The largest absolute Gasteiger partial charge is 0.419 e. The number of halogens is 4. The van der Waals surface area contributed by atoms with Crippen LogP contribution in [0.15, 0.2) is 103 Å². The zero-order valence-electron chi connectivity index (χ0n) is 18.4. The van der Waals surface area contributed by atoms with Gasteiger partial charge in [-0.15, -0.1) is 0 Å². The molecule has 4 aromatic rings. The van der Waals surface area contributed by atoms with Gasteiger partial charge in [0.25, 0.3) is 0 Å². The van der Waals surface area contributed by atoms with Crippen molar-refractivity contribution in [2.75, 3.05) is 5.32 Å². The molecular formula is C27H21F4N3O. The van der Waals surface area contributed by atoms with Gasteiger partial charge >= 0.3 is 12.2 Å². The summed E-state index contributed by atoms with van der Waals surface area (Å²) in [5, 5.41) is 5.36. The first kappa shape index (κ1) is 23.9. The standard InChI is InChI=1S/C27H21F4N3O/c28-23-15-14-21(17-22(23)27(29,30)31)33-25(35)34-26(20-11-5-2-6-12-20,24-13-7-8-16-32-24)18-19-9-3-1-4-10-19/h1-17H,18H2,(H2,33,34,35). The number of hydrogen-bond donors (Lipinski definition) is 2. The van der Waals surface area contributed by atoms with Crippen LogP contribution in [-0.4, -0.2) is 11.0 Å². The lowest BCUT2D eigenvalue weighted by Crippen LogP contribution is -2.50. The van der Waals surface area contributed by atoms with Crippen LogP contribution in [0, 0.1) is 5.82 Å². The molecule has 0 saturated carbocycles. The highest BCUT2D eigenvalue weighted by Crippen LogP contribution is 2.34. The molecule has 0 aliphatic carbocycles. The van der Waals surface area contributed by atoms with E-state index in [0.29, 0.717) is 24.2 Å². The summed E-state index contributed by atoms with van der Waals surface area (Å²) in [5.74, 6) is -1.42. The van der Waals surface area contributed by atoms with Gasteiger partial charge in [-0.3, -0.25) is 4.98 Å². The van der Waals surface area contributed by atoms with E-state index in [1.54, 1.807) is 24.4 Å². The molecule has 4 rings (SSSR count). The summed E-state index contributed by atoms with van der Waals surface area (Å²) in [6.45, 7) is 0. The minimum Gasteiger partial charge on any atom is -0.322 e. The minimum atomic E-state index is -4.90. The molecule has 0 fully saturated rings. The monoisotopic (exact) mass is 479 g/mol. The third-order valence-electron chi connectivity index (χ3n) is 5.54. The highest BCUT2D eigenvalue weighted by Gasteiger charge is 2.38. The molecule has 1 aromatic heterocycles. The Hall–Kier alpha value is -4.20. The van der Waals surface area contributed by atoms with Gasteiger partial charge in [0, 0.05) is 18.3 Å². The Morgan fingerprint density at radius 2 is 1.49 bits per heavy atom. The van der Waals surface area contributed by atoms with Crippen LogP contribution in [0.4, 0.5) is 28.0 Å². The van der Waals surface area contributed by atoms with Crippen LogP contribution < -0.4 is 10.6 Å². The van der Waals surface area contributed by atoms with Crippen LogP contribution in [0.3, 0.4) is 0 Å². The lowest BCUT2D eigenvalue weighted by atomic mass is 9.80.